The summed E-state index contributed by atoms with van der Waals surface area (Å²) in [4.78, 5) is 0. The molecule has 2 rings (SSSR count). The molecule has 1 N–H and O–H groups in total. The molecule has 0 aliphatic rings. The monoisotopic (exact) mass is 265 g/mol. The average molecular weight is 265 g/mol. The van der Waals surface area contributed by atoms with E-state index in [1.165, 1.54) is 11.7 Å². The molecular formula is C12H15N3O2S. The highest BCUT2D eigenvalue weighted by atomic mass is 32.1. The van der Waals surface area contributed by atoms with Gasteiger partial charge in [0.2, 0.25) is 0 Å². The lowest BCUT2D eigenvalue weighted by Crippen LogP contribution is -1.99. The third-order valence-electron chi connectivity index (χ3n) is 2.49. The van der Waals surface area contributed by atoms with E-state index in [1.807, 2.05) is 25.1 Å². The second kappa shape index (κ2) is 5.68. The number of hydrogen-bond donors (Lipinski definition) is 1. The maximum absolute atomic E-state index is 5.36. The predicted octanol–water partition coefficient (Wildman–Crippen LogP) is 2.65. The molecule has 0 amide bonds. The van der Waals surface area contributed by atoms with Crippen LogP contribution < -0.4 is 14.8 Å². The van der Waals surface area contributed by atoms with Crippen molar-refractivity contribution < 1.29 is 9.47 Å². The third kappa shape index (κ3) is 2.38. The summed E-state index contributed by atoms with van der Waals surface area (Å²) in [5.41, 5.74) is 1.67. The summed E-state index contributed by atoms with van der Waals surface area (Å²) in [7, 11) is 3.27. The first kappa shape index (κ1) is 12.6. The van der Waals surface area contributed by atoms with Gasteiger partial charge in [-0.3, -0.25) is 0 Å². The van der Waals surface area contributed by atoms with Crippen molar-refractivity contribution in [3.8, 4) is 22.8 Å². The quantitative estimate of drug-likeness (QED) is 0.900. The minimum atomic E-state index is 0.752. The molecule has 96 valence electrons. The van der Waals surface area contributed by atoms with Crippen molar-refractivity contribution in [1.29, 1.82) is 0 Å². The van der Waals surface area contributed by atoms with Crippen LogP contribution in [0, 0.1) is 0 Å². The normalized spacial score (nSPS) is 10.2. The van der Waals surface area contributed by atoms with Crippen LogP contribution >= 0.6 is 11.7 Å². The van der Waals surface area contributed by atoms with Crippen molar-refractivity contribution in [2.45, 2.75) is 6.92 Å². The highest BCUT2D eigenvalue weighted by Crippen LogP contribution is 2.36. The third-order valence-corrected chi connectivity index (χ3v) is 3.02. The Bertz CT molecular complexity index is 528. The number of benzene rings is 1. The topological polar surface area (TPSA) is 56.3 Å². The molecule has 0 radical (unpaired) electrons. The molecule has 6 heteroatoms. The molecule has 2 aromatic rings. The number of ether oxygens (including phenoxy) is 2. The molecule has 0 atom stereocenters. The molecule has 0 spiro atoms. The van der Waals surface area contributed by atoms with Gasteiger partial charge in [-0.2, -0.15) is 8.75 Å². The Morgan fingerprint density at radius 1 is 1.22 bits per heavy atom. The maximum atomic E-state index is 5.36. The van der Waals surface area contributed by atoms with Gasteiger partial charge in [-0.1, -0.05) is 0 Å². The Labute approximate surface area is 110 Å². The number of anilines is 1. The number of hydrogen-bond acceptors (Lipinski definition) is 6. The van der Waals surface area contributed by atoms with E-state index >= 15 is 0 Å². The van der Waals surface area contributed by atoms with Gasteiger partial charge in [-0.05, 0) is 25.1 Å². The van der Waals surface area contributed by atoms with E-state index in [-0.39, 0.29) is 0 Å². The lowest BCUT2D eigenvalue weighted by Gasteiger charge is -2.09. The van der Waals surface area contributed by atoms with Gasteiger partial charge in [-0.25, -0.2) is 0 Å². The van der Waals surface area contributed by atoms with E-state index in [0.29, 0.717) is 0 Å². The molecular weight excluding hydrogens is 250 g/mol. The molecule has 18 heavy (non-hydrogen) atoms. The fraction of sp³-hybridized carbons (Fsp3) is 0.333. The molecule has 0 unspecified atom stereocenters. The summed E-state index contributed by atoms with van der Waals surface area (Å²) in [6, 6.07) is 5.62. The Hall–Kier alpha value is -1.82. The Kier molecular flexibility index (Phi) is 3.99. The fourth-order valence-electron chi connectivity index (χ4n) is 1.65. The van der Waals surface area contributed by atoms with E-state index in [1.54, 1.807) is 14.2 Å². The Morgan fingerprint density at radius 2 is 2.06 bits per heavy atom. The first-order valence-electron chi connectivity index (χ1n) is 5.59. The van der Waals surface area contributed by atoms with Crippen LogP contribution in [-0.2, 0) is 0 Å². The zero-order valence-corrected chi connectivity index (χ0v) is 11.4. The summed E-state index contributed by atoms with van der Waals surface area (Å²) in [6.07, 6.45) is 0. The van der Waals surface area contributed by atoms with Gasteiger partial charge < -0.3 is 14.8 Å². The minimum Gasteiger partial charge on any atom is -0.497 e. The highest BCUT2D eigenvalue weighted by molar-refractivity contribution is 6.99. The number of nitrogens with one attached hydrogen (secondary N) is 1. The van der Waals surface area contributed by atoms with E-state index < -0.39 is 0 Å². The van der Waals surface area contributed by atoms with Gasteiger partial charge in [0.05, 0.1) is 31.5 Å². The molecule has 1 heterocycles. The second-order valence-electron chi connectivity index (χ2n) is 3.56. The SMILES string of the molecule is CCNc1nsnc1-c1cc(OC)ccc1OC. The summed E-state index contributed by atoms with van der Waals surface area (Å²) in [5.74, 6) is 2.29. The largest absolute Gasteiger partial charge is 0.497 e. The zero-order valence-electron chi connectivity index (χ0n) is 10.6. The standard InChI is InChI=1S/C12H15N3O2S/c1-4-13-12-11(14-18-15-12)9-7-8(16-2)5-6-10(9)17-3/h5-7H,4H2,1-3H3,(H,13,15). The van der Waals surface area contributed by atoms with Crippen molar-refractivity contribution in [3.05, 3.63) is 18.2 Å². The van der Waals surface area contributed by atoms with Crippen molar-refractivity contribution in [1.82, 2.24) is 8.75 Å². The van der Waals surface area contributed by atoms with Gasteiger partial charge in [0.1, 0.15) is 17.2 Å². The van der Waals surface area contributed by atoms with Crippen LogP contribution in [0.1, 0.15) is 6.92 Å². The number of nitrogens with zero attached hydrogens (tertiary/aromatic N) is 2. The van der Waals surface area contributed by atoms with Crippen molar-refractivity contribution in [2.24, 2.45) is 0 Å². The smallest absolute Gasteiger partial charge is 0.168 e. The first-order valence-corrected chi connectivity index (χ1v) is 6.32. The van der Waals surface area contributed by atoms with Gasteiger partial charge in [0.15, 0.2) is 5.82 Å². The molecule has 5 nitrogen and oxygen atoms in total. The summed E-state index contributed by atoms with van der Waals surface area (Å²) in [6.45, 7) is 2.82. The highest BCUT2D eigenvalue weighted by Gasteiger charge is 2.15. The van der Waals surface area contributed by atoms with Gasteiger partial charge in [0, 0.05) is 6.54 Å². The van der Waals surface area contributed by atoms with Crippen molar-refractivity contribution >= 4 is 17.5 Å². The summed E-state index contributed by atoms with van der Waals surface area (Å²) in [5, 5.41) is 3.18. The van der Waals surface area contributed by atoms with Gasteiger partial charge in [0.25, 0.3) is 0 Å². The molecule has 0 aliphatic heterocycles. The van der Waals surface area contributed by atoms with Gasteiger partial charge >= 0.3 is 0 Å². The van der Waals surface area contributed by atoms with E-state index in [0.717, 1.165) is 35.1 Å². The van der Waals surface area contributed by atoms with Crippen molar-refractivity contribution in [3.63, 3.8) is 0 Å². The maximum Gasteiger partial charge on any atom is 0.168 e. The van der Waals surface area contributed by atoms with Crippen molar-refractivity contribution in [2.75, 3.05) is 26.1 Å². The Balaban J connectivity index is 2.50. The molecule has 1 aromatic heterocycles. The molecule has 0 fully saturated rings. The van der Waals surface area contributed by atoms with Crippen LogP contribution in [0.15, 0.2) is 18.2 Å². The lowest BCUT2D eigenvalue weighted by molar-refractivity contribution is 0.404. The van der Waals surface area contributed by atoms with Crippen LogP contribution in [0.5, 0.6) is 11.5 Å². The minimum absolute atomic E-state index is 0.752. The average Bonchev–Trinajstić information content (AvgIpc) is 2.86. The van der Waals surface area contributed by atoms with Crippen LogP contribution in [0.3, 0.4) is 0 Å². The van der Waals surface area contributed by atoms with E-state index in [4.69, 9.17) is 9.47 Å². The predicted molar refractivity (Wildman–Crippen MR) is 72.6 cm³/mol. The van der Waals surface area contributed by atoms with Crippen LogP contribution in [0.2, 0.25) is 0 Å². The molecule has 1 aromatic carbocycles. The molecule has 0 saturated carbocycles. The van der Waals surface area contributed by atoms with Crippen LogP contribution in [-0.4, -0.2) is 29.5 Å². The lowest BCUT2D eigenvalue weighted by atomic mass is 10.1. The fourth-order valence-corrected chi connectivity index (χ4v) is 2.19. The second-order valence-corrected chi connectivity index (χ2v) is 4.09. The number of rotatable bonds is 5. The molecule has 0 aliphatic carbocycles. The van der Waals surface area contributed by atoms with Gasteiger partial charge in [-0.15, -0.1) is 0 Å². The number of methoxy groups -OCH3 is 2. The first-order chi connectivity index (χ1) is 8.80. The molecule has 0 saturated heterocycles. The van der Waals surface area contributed by atoms with Crippen LogP contribution in [0.25, 0.3) is 11.3 Å². The molecule has 0 bridgehead atoms. The van der Waals surface area contributed by atoms with E-state index in [9.17, 15) is 0 Å². The Morgan fingerprint density at radius 3 is 2.72 bits per heavy atom. The zero-order chi connectivity index (χ0) is 13.0. The summed E-state index contributed by atoms with van der Waals surface area (Å²) < 4.78 is 19.1. The summed E-state index contributed by atoms with van der Waals surface area (Å²) >= 11 is 1.17. The van der Waals surface area contributed by atoms with E-state index in [2.05, 4.69) is 14.1 Å². The number of aromatic nitrogens is 2. The van der Waals surface area contributed by atoms with Crippen LogP contribution in [0.4, 0.5) is 5.82 Å².